The zero-order valence-electron chi connectivity index (χ0n) is 26.7. The Bertz CT molecular complexity index is 1670. The van der Waals surface area contributed by atoms with Gasteiger partial charge in [-0.25, -0.2) is 15.0 Å². The number of fused-ring (bicyclic) bond motifs is 1. The predicted molar refractivity (Wildman–Crippen MR) is 180 cm³/mol. The van der Waals surface area contributed by atoms with E-state index in [0.29, 0.717) is 35.9 Å². The molecule has 0 unspecified atom stereocenters. The van der Waals surface area contributed by atoms with Crippen LogP contribution in [0.1, 0.15) is 62.9 Å². The minimum absolute atomic E-state index is 0.0951. The minimum atomic E-state index is -2.65. The molecule has 0 saturated heterocycles. The van der Waals surface area contributed by atoms with Crippen molar-refractivity contribution >= 4 is 41.8 Å². The van der Waals surface area contributed by atoms with Gasteiger partial charge in [-0.05, 0) is 34.3 Å². The van der Waals surface area contributed by atoms with Gasteiger partial charge in [0.25, 0.3) is 8.32 Å². The van der Waals surface area contributed by atoms with Crippen LogP contribution >= 0.6 is 0 Å². The molecule has 5 rings (SSSR count). The first-order valence-electron chi connectivity index (χ1n) is 15.4. The number of carbonyl (C=O) groups excluding carboxylic acids is 1. The fourth-order valence-corrected chi connectivity index (χ4v) is 10.7. The fraction of sp³-hybridized carbons (Fsp3) is 0.343. The summed E-state index contributed by atoms with van der Waals surface area (Å²) in [5, 5.41) is 10.7. The lowest BCUT2D eigenvalue weighted by molar-refractivity contribution is 0.112. The van der Waals surface area contributed by atoms with Crippen molar-refractivity contribution in [2.45, 2.75) is 64.6 Å². The van der Waals surface area contributed by atoms with E-state index in [2.05, 4.69) is 120 Å². The summed E-state index contributed by atoms with van der Waals surface area (Å²) in [5.74, 6) is 1.09. The third-order valence-corrected chi connectivity index (χ3v) is 13.2. The molecule has 1 N–H and O–H groups in total. The molecule has 0 aliphatic rings. The largest absolute Gasteiger partial charge is 0.481 e. The molecule has 0 saturated carbocycles. The Balaban J connectivity index is 1.42. The van der Waals surface area contributed by atoms with Crippen LogP contribution in [0.25, 0.3) is 11.0 Å². The highest BCUT2D eigenvalue weighted by Crippen LogP contribution is 2.37. The van der Waals surface area contributed by atoms with Crippen molar-refractivity contribution in [3.8, 4) is 5.88 Å². The first-order chi connectivity index (χ1) is 21.8. The molecule has 9 nitrogen and oxygen atoms in total. The van der Waals surface area contributed by atoms with Crippen LogP contribution < -0.4 is 20.4 Å². The summed E-state index contributed by atoms with van der Waals surface area (Å²) in [6.07, 6.45) is 9.47. The topological polar surface area (TPSA) is 104 Å². The van der Waals surface area contributed by atoms with Crippen molar-refractivity contribution in [1.82, 2.24) is 24.7 Å². The van der Waals surface area contributed by atoms with Crippen molar-refractivity contribution in [2.24, 2.45) is 0 Å². The smallest absolute Gasteiger partial charge is 0.261 e. The molecule has 3 heterocycles. The van der Waals surface area contributed by atoms with Gasteiger partial charge in [0, 0.05) is 30.0 Å². The molecule has 1 radical (unpaired) electrons. The number of hydrogen-bond acceptors (Lipinski definition) is 8. The zero-order chi connectivity index (χ0) is 31.9. The summed E-state index contributed by atoms with van der Waals surface area (Å²) in [5.41, 5.74) is 2.62. The maximum absolute atomic E-state index is 11.4. The fourth-order valence-electron chi connectivity index (χ4n) is 6.09. The number of carbonyl (C=O) groups is 1. The SMILES string of the molecule is CCC[C@@H](CCO[Si](c1ccccc1)(c1ccccc1)C(C)(C)C)Nc1n[c]nc2cnn(Cc3cc(C=O)cnc3OC)c12. The number of anilines is 1. The highest BCUT2D eigenvalue weighted by molar-refractivity contribution is 6.99. The van der Waals surface area contributed by atoms with E-state index in [-0.39, 0.29) is 11.1 Å². The number of hydrogen-bond donors (Lipinski definition) is 1. The number of nitrogens with zero attached hydrogens (tertiary/aromatic N) is 5. The zero-order valence-corrected chi connectivity index (χ0v) is 27.7. The Morgan fingerprint density at radius 1 is 1.00 bits per heavy atom. The normalized spacial score (nSPS) is 12.6. The van der Waals surface area contributed by atoms with Gasteiger partial charge in [-0.3, -0.25) is 9.48 Å². The van der Waals surface area contributed by atoms with Crippen LogP contribution in [-0.2, 0) is 11.0 Å². The van der Waals surface area contributed by atoms with Gasteiger partial charge in [-0.15, -0.1) is 0 Å². The van der Waals surface area contributed by atoms with Gasteiger partial charge in [-0.1, -0.05) is 94.8 Å². The van der Waals surface area contributed by atoms with Gasteiger partial charge < -0.3 is 14.5 Å². The van der Waals surface area contributed by atoms with E-state index in [0.717, 1.165) is 36.6 Å². The molecule has 0 fully saturated rings. The van der Waals surface area contributed by atoms with E-state index in [1.165, 1.54) is 16.6 Å². The van der Waals surface area contributed by atoms with Crippen LogP contribution in [-0.4, -0.2) is 59.1 Å². The molecule has 0 spiro atoms. The molecule has 0 aliphatic carbocycles. The highest BCUT2D eigenvalue weighted by atomic mass is 28.4. The number of ether oxygens (including phenoxy) is 1. The third kappa shape index (κ3) is 6.82. The lowest BCUT2D eigenvalue weighted by Gasteiger charge is -2.43. The van der Waals surface area contributed by atoms with Crippen LogP contribution in [0.15, 0.2) is 79.1 Å². The monoisotopic (exact) mass is 621 g/mol. The molecule has 0 aliphatic heterocycles. The molecule has 1 atom stereocenters. The van der Waals surface area contributed by atoms with Crippen LogP contribution in [0.4, 0.5) is 5.82 Å². The van der Waals surface area contributed by atoms with E-state index in [4.69, 9.17) is 9.16 Å². The van der Waals surface area contributed by atoms with E-state index in [9.17, 15) is 4.79 Å². The summed E-state index contributed by atoms with van der Waals surface area (Å²) < 4.78 is 14.5. The Morgan fingerprint density at radius 3 is 2.29 bits per heavy atom. The maximum atomic E-state index is 11.4. The van der Waals surface area contributed by atoms with E-state index < -0.39 is 8.32 Å². The standard InChI is InChI=1S/C35H41N6O3Si/c1-6-13-28(18-19-44-45(35(2,3)4,29-14-9-7-10-15-29)30-16-11-8-12-17-30)40-33-32-31(37-25-38-33)22-39-41(32)23-27-20-26(24-42)21-36-34(27)43-5/h7-12,14-17,20-22,24,28H,6,13,18-19,23H2,1-5H3,(H,37,38,40)/t28-/m0/s1. The number of methoxy groups -OCH3 is 1. The summed E-state index contributed by atoms with van der Waals surface area (Å²) in [6.45, 7) is 9.99. The second kappa shape index (κ2) is 14.1. The summed E-state index contributed by atoms with van der Waals surface area (Å²) in [6, 6.07) is 23.3. The first-order valence-corrected chi connectivity index (χ1v) is 17.3. The van der Waals surface area contributed by atoms with Crippen molar-refractivity contribution in [3.63, 3.8) is 0 Å². The van der Waals surface area contributed by atoms with Gasteiger partial charge >= 0.3 is 0 Å². The lowest BCUT2D eigenvalue weighted by Crippen LogP contribution is -2.66. The van der Waals surface area contributed by atoms with E-state index in [1.807, 2.05) is 4.68 Å². The van der Waals surface area contributed by atoms with Gasteiger partial charge in [0.2, 0.25) is 12.2 Å². The number of aromatic nitrogens is 5. The minimum Gasteiger partial charge on any atom is -0.481 e. The second-order valence-electron chi connectivity index (χ2n) is 12.2. The Morgan fingerprint density at radius 2 is 1.69 bits per heavy atom. The van der Waals surface area contributed by atoms with Gasteiger partial charge in [0.15, 0.2) is 12.1 Å². The summed E-state index contributed by atoms with van der Waals surface area (Å²) in [4.78, 5) is 24.6. The summed E-state index contributed by atoms with van der Waals surface area (Å²) >= 11 is 0. The van der Waals surface area contributed by atoms with Crippen LogP contribution in [0, 0.1) is 6.33 Å². The maximum Gasteiger partial charge on any atom is 0.261 e. The van der Waals surface area contributed by atoms with Crippen molar-refractivity contribution in [3.05, 3.63) is 96.6 Å². The number of nitrogens with one attached hydrogen (secondary N) is 1. The van der Waals surface area contributed by atoms with E-state index in [1.54, 1.807) is 19.4 Å². The van der Waals surface area contributed by atoms with Crippen molar-refractivity contribution in [1.29, 1.82) is 0 Å². The number of pyridine rings is 1. The summed E-state index contributed by atoms with van der Waals surface area (Å²) in [7, 11) is -1.09. The van der Waals surface area contributed by atoms with Crippen molar-refractivity contribution in [2.75, 3.05) is 19.0 Å². The average molecular weight is 622 g/mol. The lowest BCUT2D eigenvalue weighted by atomic mass is 10.1. The predicted octanol–water partition coefficient (Wildman–Crippen LogP) is 5.44. The van der Waals surface area contributed by atoms with Gasteiger partial charge in [0.05, 0.1) is 19.9 Å². The van der Waals surface area contributed by atoms with Gasteiger partial charge in [0.1, 0.15) is 11.0 Å². The van der Waals surface area contributed by atoms with Crippen LogP contribution in [0.3, 0.4) is 0 Å². The quantitative estimate of drug-likeness (QED) is 0.129. The van der Waals surface area contributed by atoms with Crippen LogP contribution in [0.2, 0.25) is 5.04 Å². The molecule has 5 aromatic rings. The molecular formula is C35H41N6O3Si. The molecule has 0 bridgehead atoms. The molecule has 10 heteroatoms. The highest BCUT2D eigenvalue weighted by Gasteiger charge is 2.50. The third-order valence-electron chi connectivity index (χ3n) is 8.15. The first kappa shape index (κ1) is 32.0. The number of aldehydes is 1. The van der Waals surface area contributed by atoms with Crippen LogP contribution in [0.5, 0.6) is 5.88 Å². The second-order valence-corrected chi connectivity index (χ2v) is 16.5. The molecule has 45 heavy (non-hydrogen) atoms. The Kier molecular flexibility index (Phi) is 10.0. The van der Waals surface area contributed by atoms with Crippen molar-refractivity contribution < 1.29 is 14.0 Å². The molecule has 3 aromatic heterocycles. The molecule has 0 amide bonds. The average Bonchev–Trinajstić information content (AvgIpc) is 3.47. The molecular weight excluding hydrogens is 581 g/mol. The molecule has 2 aromatic carbocycles. The Labute approximate surface area is 266 Å². The Hall–Kier alpha value is -4.41. The number of rotatable bonds is 14. The van der Waals surface area contributed by atoms with Gasteiger partial charge in [-0.2, -0.15) is 5.10 Å². The number of benzene rings is 2. The molecule has 233 valence electrons. The van der Waals surface area contributed by atoms with E-state index >= 15 is 0 Å².